The number of aliphatic hydroxyl groups is 1. The number of rotatable bonds is 19. The summed E-state index contributed by atoms with van der Waals surface area (Å²) in [5.41, 5.74) is 6.29. The van der Waals surface area contributed by atoms with Crippen LogP contribution in [0.5, 0.6) is 0 Å². The molecule has 0 radical (unpaired) electrons. The van der Waals surface area contributed by atoms with E-state index in [0.717, 1.165) is 0 Å². The van der Waals surface area contributed by atoms with Crippen molar-refractivity contribution in [3.8, 4) is 0 Å². The number of hydrogen-bond acceptors (Lipinski definition) is 8. The first-order chi connectivity index (χ1) is 21.1. The van der Waals surface area contributed by atoms with E-state index < -0.39 is 42.4 Å². The van der Waals surface area contributed by atoms with E-state index >= 15 is 0 Å². The number of benzene rings is 1. The maximum absolute atomic E-state index is 13.1. The van der Waals surface area contributed by atoms with Crippen LogP contribution in [0.3, 0.4) is 0 Å². The van der Waals surface area contributed by atoms with E-state index in [4.69, 9.17) is 10.5 Å². The van der Waals surface area contributed by atoms with Gasteiger partial charge in [0.1, 0.15) is 12.1 Å². The van der Waals surface area contributed by atoms with Crippen molar-refractivity contribution in [3.05, 3.63) is 29.8 Å². The predicted molar refractivity (Wildman–Crippen MR) is 171 cm³/mol. The summed E-state index contributed by atoms with van der Waals surface area (Å²) in [6.07, 6.45) is -0.413. The number of anilines is 1. The molecule has 0 heterocycles. The number of hydrogen-bond donors (Lipinski definition) is 7. The van der Waals surface area contributed by atoms with E-state index in [0.29, 0.717) is 24.1 Å². The molecule has 0 bridgehead atoms. The van der Waals surface area contributed by atoms with Crippen molar-refractivity contribution in [2.45, 2.75) is 92.0 Å². The molecular formula is C31H53N7O7. The third-order valence-electron chi connectivity index (χ3n) is 7.02. The number of ether oxygens (including phenoxy) is 1. The van der Waals surface area contributed by atoms with Crippen molar-refractivity contribution >= 4 is 35.3 Å². The van der Waals surface area contributed by atoms with E-state index in [1.165, 1.54) is 11.9 Å². The molecule has 14 heteroatoms. The Morgan fingerprint density at radius 3 is 2.04 bits per heavy atom. The number of nitrogens with two attached hydrogens (primary N) is 1. The fourth-order valence-electron chi connectivity index (χ4n) is 4.64. The van der Waals surface area contributed by atoms with Gasteiger partial charge in [0.05, 0.1) is 12.6 Å². The second-order valence-electron chi connectivity index (χ2n) is 12.2. The summed E-state index contributed by atoms with van der Waals surface area (Å²) >= 11 is 0. The average molecular weight is 636 g/mol. The van der Waals surface area contributed by atoms with Crippen LogP contribution in [0.4, 0.5) is 10.5 Å². The van der Waals surface area contributed by atoms with E-state index in [2.05, 4.69) is 26.6 Å². The van der Waals surface area contributed by atoms with E-state index in [-0.39, 0.29) is 49.1 Å². The first kappa shape index (κ1) is 39.3. The molecule has 0 saturated carbocycles. The zero-order valence-electron chi connectivity index (χ0n) is 27.8. The number of carbonyl (C=O) groups excluding carboxylic acids is 5. The highest BCUT2D eigenvalue weighted by molar-refractivity contribution is 5.97. The van der Waals surface area contributed by atoms with Crippen LogP contribution in [0.2, 0.25) is 0 Å². The lowest BCUT2D eigenvalue weighted by Crippen LogP contribution is -2.57. The summed E-state index contributed by atoms with van der Waals surface area (Å²) in [7, 11) is 3.08. The molecule has 45 heavy (non-hydrogen) atoms. The molecule has 0 aliphatic heterocycles. The molecular weight excluding hydrogens is 582 g/mol. The summed E-state index contributed by atoms with van der Waals surface area (Å²) in [4.78, 5) is 63.1. The number of carbonyl (C=O) groups is 5. The van der Waals surface area contributed by atoms with Gasteiger partial charge in [0.2, 0.25) is 30.0 Å². The van der Waals surface area contributed by atoms with Gasteiger partial charge in [-0.3, -0.25) is 19.2 Å². The summed E-state index contributed by atoms with van der Waals surface area (Å²) in [6, 6.07) is 3.81. The van der Waals surface area contributed by atoms with Crippen LogP contribution in [0.1, 0.15) is 66.4 Å². The Bertz CT molecular complexity index is 1110. The molecule has 254 valence electrons. The van der Waals surface area contributed by atoms with Gasteiger partial charge < -0.3 is 42.2 Å². The summed E-state index contributed by atoms with van der Waals surface area (Å²) in [6.45, 7) is 11.4. The monoisotopic (exact) mass is 635 g/mol. The molecule has 1 aromatic rings. The average Bonchev–Trinajstić information content (AvgIpc) is 2.95. The van der Waals surface area contributed by atoms with Gasteiger partial charge in [0.15, 0.2) is 0 Å². The number of nitrogens with one attached hydrogen (secondary N) is 5. The van der Waals surface area contributed by atoms with Gasteiger partial charge in [-0.1, -0.05) is 53.7 Å². The molecule has 1 rings (SSSR count). The van der Waals surface area contributed by atoms with Gasteiger partial charge in [-0.25, -0.2) is 9.69 Å². The van der Waals surface area contributed by atoms with Crippen LogP contribution < -0.4 is 32.3 Å². The first-order valence-corrected chi connectivity index (χ1v) is 15.3. The Hall–Kier alpha value is -3.75. The Balaban J connectivity index is 2.83. The highest BCUT2D eigenvalue weighted by Crippen LogP contribution is 2.17. The highest BCUT2D eigenvalue weighted by atomic mass is 16.6. The molecule has 14 nitrogen and oxygen atoms in total. The van der Waals surface area contributed by atoms with Crippen molar-refractivity contribution in [3.63, 3.8) is 0 Å². The molecule has 0 fully saturated rings. The predicted octanol–water partition coefficient (Wildman–Crippen LogP) is 1.24. The van der Waals surface area contributed by atoms with Crippen LogP contribution in [-0.4, -0.2) is 84.8 Å². The first-order valence-electron chi connectivity index (χ1n) is 15.3. The molecule has 4 atom stereocenters. The van der Waals surface area contributed by atoms with Gasteiger partial charge >= 0.3 is 6.03 Å². The van der Waals surface area contributed by atoms with E-state index in [9.17, 15) is 29.1 Å². The zero-order valence-corrected chi connectivity index (χ0v) is 27.8. The summed E-state index contributed by atoms with van der Waals surface area (Å²) in [5.74, 6) is -1.57. The number of likely N-dealkylation sites (N-methyl/N-ethyl adjacent to an activating group) is 2. The Labute approximate surface area is 266 Å². The van der Waals surface area contributed by atoms with Crippen LogP contribution in [0.15, 0.2) is 24.3 Å². The van der Waals surface area contributed by atoms with Gasteiger partial charge in [0, 0.05) is 25.7 Å². The lowest BCUT2D eigenvalue weighted by molar-refractivity contribution is -0.208. The number of primary amides is 1. The SMILES string of the molecule is CNC(=O)[C@@H](NC(=O)[C@H](C(C)C)N(C)C(O)OCc1ccc(NC(=O)[C@H](CCCNC(N)=O)NC(=O)CC(C)C)cc1)C(C)C. The van der Waals surface area contributed by atoms with Crippen molar-refractivity contribution in [2.24, 2.45) is 23.5 Å². The van der Waals surface area contributed by atoms with E-state index in [1.807, 2.05) is 41.5 Å². The zero-order chi connectivity index (χ0) is 34.3. The molecule has 0 aromatic heterocycles. The normalized spacial score (nSPS) is 14.1. The second-order valence-corrected chi connectivity index (χ2v) is 12.2. The smallest absolute Gasteiger partial charge is 0.312 e. The van der Waals surface area contributed by atoms with Crippen LogP contribution in [0, 0.1) is 17.8 Å². The van der Waals surface area contributed by atoms with Crippen molar-refractivity contribution in [1.82, 2.24) is 26.2 Å². The third kappa shape index (κ3) is 14.3. The Morgan fingerprint density at radius 2 is 1.53 bits per heavy atom. The van der Waals surface area contributed by atoms with E-state index in [1.54, 1.807) is 31.3 Å². The number of aliphatic hydroxyl groups excluding tert-OH is 1. The largest absolute Gasteiger partial charge is 0.357 e. The van der Waals surface area contributed by atoms with Crippen LogP contribution in [0.25, 0.3) is 0 Å². The lowest BCUT2D eigenvalue weighted by Gasteiger charge is -2.34. The van der Waals surface area contributed by atoms with Crippen molar-refractivity contribution in [2.75, 3.05) is 26.0 Å². The number of urea groups is 1. The molecule has 0 saturated heterocycles. The fraction of sp³-hybridized carbons (Fsp3) is 0.645. The Kier molecular flexibility index (Phi) is 17.1. The molecule has 0 aliphatic rings. The van der Waals surface area contributed by atoms with Crippen LogP contribution in [-0.2, 0) is 30.5 Å². The minimum Gasteiger partial charge on any atom is -0.357 e. The standard InChI is InChI=1S/C31H53N7O7/c1-18(2)16-24(39)36-23(10-9-15-34-30(32)43)27(40)35-22-13-11-21(12-14-22)17-45-31(44)38(8)26(20(5)6)29(42)37-25(19(3)4)28(41)33-7/h11-14,18-20,23,25-26,31,44H,9-10,15-17H2,1-8H3,(H,33,41)(H,35,40)(H,36,39)(H,37,42)(H3,32,34,43)/t23-,25-,26-,31?/m0/s1. The lowest BCUT2D eigenvalue weighted by atomic mass is 9.99. The maximum Gasteiger partial charge on any atom is 0.312 e. The molecule has 8 N–H and O–H groups in total. The van der Waals surface area contributed by atoms with Crippen molar-refractivity contribution in [1.29, 1.82) is 0 Å². The van der Waals surface area contributed by atoms with Gasteiger partial charge in [-0.15, -0.1) is 0 Å². The minimum absolute atomic E-state index is 0.0137. The number of nitrogens with zero attached hydrogens (tertiary/aromatic N) is 1. The summed E-state index contributed by atoms with van der Waals surface area (Å²) in [5, 5.41) is 24.1. The summed E-state index contributed by atoms with van der Waals surface area (Å²) < 4.78 is 5.65. The molecule has 1 unspecified atom stereocenters. The van der Waals surface area contributed by atoms with Gasteiger partial charge in [-0.2, -0.15) is 0 Å². The molecule has 0 aliphatic carbocycles. The third-order valence-corrected chi connectivity index (χ3v) is 7.02. The van der Waals surface area contributed by atoms with Gasteiger partial charge in [0.25, 0.3) is 0 Å². The topological polar surface area (TPSA) is 204 Å². The Morgan fingerprint density at radius 1 is 0.911 bits per heavy atom. The highest BCUT2D eigenvalue weighted by Gasteiger charge is 2.34. The molecule has 1 aromatic carbocycles. The number of amides is 6. The second kappa shape index (κ2) is 19.6. The molecule has 6 amide bonds. The minimum atomic E-state index is -1.42. The quantitative estimate of drug-likeness (QED) is 0.0868. The van der Waals surface area contributed by atoms with Crippen LogP contribution >= 0.6 is 0 Å². The maximum atomic E-state index is 13.1. The fourth-order valence-corrected chi connectivity index (χ4v) is 4.64. The van der Waals surface area contributed by atoms with Crippen molar-refractivity contribution < 1.29 is 33.8 Å². The molecule has 0 spiro atoms. The van der Waals surface area contributed by atoms with Gasteiger partial charge in [-0.05, 0) is 55.3 Å².